The Kier molecular flexibility index (Phi) is 4.73. The number of halogens is 2. The highest BCUT2D eigenvalue weighted by molar-refractivity contribution is 6.35. The summed E-state index contributed by atoms with van der Waals surface area (Å²) in [7, 11) is 0. The van der Waals surface area contributed by atoms with Gasteiger partial charge in [0.25, 0.3) is 5.91 Å². The molecular formula is C23H15Cl2N5O. The van der Waals surface area contributed by atoms with Crippen molar-refractivity contribution in [2.24, 2.45) is 0 Å². The molecule has 0 atom stereocenters. The summed E-state index contributed by atoms with van der Waals surface area (Å²) in [5.74, 6) is -0.192. The zero-order valence-electron chi connectivity index (χ0n) is 16.0. The van der Waals surface area contributed by atoms with Crippen LogP contribution in [0, 0.1) is 0 Å². The standard InChI is InChI=1S/C23H15Cl2N5O/c24-13-10-14(25)12-16(11-13)30-21(26)19(23(31)27-15-6-2-1-3-7-15)20-22(30)29-18-9-5-4-8-17(18)28-20/h1-12H,26H2,(H,27,31). The maximum absolute atomic E-state index is 13.2. The molecule has 0 radical (unpaired) electrons. The van der Waals surface area contributed by atoms with Gasteiger partial charge < -0.3 is 11.1 Å². The number of hydrogen-bond acceptors (Lipinski definition) is 4. The number of fused-ring (bicyclic) bond motifs is 2. The Labute approximate surface area is 187 Å². The van der Waals surface area contributed by atoms with Crippen molar-refractivity contribution in [2.75, 3.05) is 11.1 Å². The summed E-state index contributed by atoms with van der Waals surface area (Å²) in [4.78, 5) is 22.7. The van der Waals surface area contributed by atoms with Gasteiger partial charge in [0.1, 0.15) is 16.9 Å². The third-order valence-electron chi connectivity index (χ3n) is 4.86. The Morgan fingerprint density at radius 1 is 0.871 bits per heavy atom. The number of rotatable bonds is 3. The number of amides is 1. The van der Waals surface area contributed by atoms with Crippen LogP contribution >= 0.6 is 23.2 Å². The number of benzene rings is 3. The van der Waals surface area contributed by atoms with Crippen LogP contribution in [0.25, 0.3) is 27.9 Å². The Morgan fingerprint density at radius 2 is 1.48 bits per heavy atom. The van der Waals surface area contributed by atoms with Crippen LogP contribution < -0.4 is 11.1 Å². The quantitative estimate of drug-likeness (QED) is 0.370. The van der Waals surface area contributed by atoms with Gasteiger partial charge in [0.15, 0.2) is 5.65 Å². The number of aromatic nitrogens is 3. The first-order valence-corrected chi connectivity index (χ1v) is 10.2. The normalized spacial score (nSPS) is 11.2. The van der Waals surface area contributed by atoms with Gasteiger partial charge in [-0.25, -0.2) is 9.97 Å². The molecule has 2 heterocycles. The smallest absolute Gasteiger partial charge is 0.261 e. The molecule has 0 spiro atoms. The van der Waals surface area contributed by atoms with Crippen LogP contribution in [-0.4, -0.2) is 20.4 Å². The van der Waals surface area contributed by atoms with Crippen molar-refractivity contribution in [2.45, 2.75) is 0 Å². The van der Waals surface area contributed by atoms with E-state index in [-0.39, 0.29) is 17.3 Å². The third kappa shape index (κ3) is 3.46. The van der Waals surface area contributed by atoms with Crippen molar-refractivity contribution in [3.8, 4) is 5.69 Å². The molecule has 0 saturated heterocycles. The molecule has 5 aromatic rings. The van der Waals surface area contributed by atoms with Crippen molar-refractivity contribution in [1.29, 1.82) is 0 Å². The second-order valence-electron chi connectivity index (χ2n) is 6.93. The summed E-state index contributed by atoms with van der Waals surface area (Å²) in [6.45, 7) is 0. The van der Waals surface area contributed by atoms with E-state index >= 15 is 0 Å². The molecule has 0 aliphatic heterocycles. The fraction of sp³-hybridized carbons (Fsp3) is 0. The number of carbonyl (C=O) groups excluding carboxylic acids is 1. The Balaban J connectivity index is 1.79. The zero-order valence-corrected chi connectivity index (χ0v) is 17.5. The van der Waals surface area contributed by atoms with E-state index in [4.69, 9.17) is 38.9 Å². The van der Waals surface area contributed by atoms with E-state index in [0.29, 0.717) is 43.6 Å². The first kappa shape index (κ1) is 19.4. The van der Waals surface area contributed by atoms with Crippen LogP contribution in [0.2, 0.25) is 10.0 Å². The van der Waals surface area contributed by atoms with Gasteiger partial charge in [0.05, 0.1) is 16.7 Å². The lowest BCUT2D eigenvalue weighted by molar-refractivity contribution is 0.102. The summed E-state index contributed by atoms with van der Waals surface area (Å²) < 4.78 is 1.65. The number of para-hydroxylation sites is 3. The van der Waals surface area contributed by atoms with Crippen LogP contribution in [0.15, 0.2) is 72.8 Å². The first-order valence-electron chi connectivity index (χ1n) is 9.41. The van der Waals surface area contributed by atoms with Crippen molar-refractivity contribution in [3.63, 3.8) is 0 Å². The molecule has 8 heteroatoms. The van der Waals surface area contributed by atoms with Gasteiger partial charge in [0, 0.05) is 15.7 Å². The average Bonchev–Trinajstić information content (AvgIpc) is 3.02. The Morgan fingerprint density at radius 3 is 2.16 bits per heavy atom. The van der Waals surface area contributed by atoms with E-state index in [1.54, 1.807) is 34.9 Å². The molecule has 0 aliphatic rings. The molecule has 0 saturated carbocycles. The number of nitrogens with zero attached hydrogens (tertiary/aromatic N) is 3. The number of hydrogen-bond donors (Lipinski definition) is 2. The van der Waals surface area contributed by atoms with Gasteiger partial charge >= 0.3 is 0 Å². The summed E-state index contributed by atoms with van der Waals surface area (Å²) in [6.07, 6.45) is 0. The van der Waals surface area contributed by atoms with Crippen LogP contribution in [0.1, 0.15) is 10.4 Å². The van der Waals surface area contributed by atoms with Crippen molar-refractivity contribution >= 4 is 62.8 Å². The monoisotopic (exact) mass is 447 g/mol. The number of anilines is 2. The molecule has 0 fully saturated rings. The number of nitrogens with two attached hydrogens (primary N) is 1. The van der Waals surface area contributed by atoms with Crippen LogP contribution in [0.3, 0.4) is 0 Å². The number of carbonyl (C=O) groups is 1. The number of nitrogens with one attached hydrogen (secondary N) is 1. The molecule has 152 valence electrons. The molecule has 5 rings (SSSR count). The summed E-state index contributed by atoms with van der Waals surface area (Å²) in [5.41, 5.74) is 10.1. The van der Waals surface area contributed by atoms with Gasteiger partial charge in [-0.05, 0) is 42.5 Å². The van der Waals surface area contributed by atoms with Gasteiger partial charge in [-0.2, -0.15) is 0 Å². The van der Waals surface area contributed by atoms with Crippen LogP contribution in [-0.2, 0) is 0 Å². The van der Waals surface area contributed by atoms with Gasteiger partial charge in [-0.15, -0.1) is 0 Å². The van der Waals surface area contributed by atoms with Gasteiger partial charge in [-0.3, -0.25) is 9.36 Å². The largest absolute Gasteiger partial charge is 0.384 e. The fourth-order valence-corrected chi connectivity index (χ4v) is 4.04. The maximum Gasteiger partial charge on any atom is 0.261 e. The summed E-state index contributed by atoms with van der Waals surface area (Å²) >= 11 is 12.4. The third-order valence-corrected chi connectivity index (χ3v) is 5.30. The summed E-state index contributed by atoms with van der Waals surface area (Å²) in [6, 6.07) is 21.6. The molecule has 0 bridgehead atoms. The molecule has 2 aromatic heterocycles. The van der Waals surface area contributed by atoms with Crippen molar-refractivity contribution in [3.05, 3.63) is 88.4 Å². The predicted molar refractivity (Wildman–Crippen MR) is 125 cm³/mol. The van der Waals surface area contributed by atoms with E-state index in [9.17, 15) is 4.79 Å². The van der Waals surface area contributed by atoms with E-state index < -0.39 is 0 Å². The van der Waals surface area contributed by atoms with Crippen LogP contribution in [0.4, 0.5) is 11.5 Å². The lowest BCUT2D eigenvalue weighted by Crippen LogP contribution is -2.14. The molecular weight excluding hydrogens is 433 g/mol. The van der Waals surface area contributed by atoms with E-state index in [2.05, 4.69) is 5.32 Å². The molecule has 31 heavy (non-hydrogen) atoms. The number of nitrogen functional groups attached to an aromatic ring is 1. The minimum absolute atomic E-state index is 0.192. The average molecular weight is 448 g/mol. The zero-order chi connectivity index (χ0) is 21.5. The Hall–Kier alpha value is -3.61. The van der Waals surface area contributed by atoms with E-state index in [0.717, 1.165) is 0 Å². The lowest BCUT2D eigenvalue weighted by Gasteiger charge is -2.09. The lowest BCUT2D eigenvalue weighted by atomic mass is 10.2. The second-order valence-corrected chi connectivity index (χ2v) is 7.80. The van der Waals surface area contributed by atoms with Gasteiger partial charge in [-0.1, -0.05) is 53.5 Å². The first-order chi connectivity index (χ1) is 15.0. The van der Waals surface area contributed by atoms with Crippen LogP contribution in [0.5, 0.6) is 0 Å². The predicted octanol–water partition coefficient (Wildman–Crippen LogP) is 5.72. The van der Waals surface area contributed by atoms with Gasteiger partial charge in [0.2, 0.25) is 0 Å². The SMILES string of the molecule is Nc1c(C(=O)Nc2ccccc2)c2nc3ccccc3nc2n1-c1cc(Cl)cc(Cl)c1. The Bertz CT molecular complexity index is 1440. The highest BCUT2D eigenvalue weighted by Gasteiger charge is 2.25. The minimum atomic E-state index is -0.384. The second kappa shape index (κ2) is 7.58. The molecule has 0 unspecified atom stereocenters. The molecule has 3 N–H and O–H groups in total. The van der Waals surface area contributed by atoms with Crippen molar-refractivity contribution < 1.29 is 4.79 Å². The molecule has 0 aliphatic carbocycles. The minimum Gasteiger partial charge on any atom is -0.384 e. The highest BCUT2D eigenvalue weighted by Crippen LogP contribution is 2.33. The fourth-order valence-electron chi connectivity index (χ4n) is 3.53. The maximum atomic E-state index is 13.2. The topological polar surface area (TPSA) is 85.8 Å². The molecule has 6 nitrogen and oxygen atoms in total. The van der Waals surface area contributed by atoms with Crippen molar-refractivity contribution in [1.82, 2.24) is 14.5 Å². The molecule has 1 amide bonds. The molecule has 3 aromatic carbocycles. The highest BCUT2D eigenvalue weighted by atomic mass is 35.5. The summed E-state index contributed by atoms with van der Waals surface area (Å²) in [5, 5.41) is 3.75. The van der Waals surface area contributed by atoms with E-state index in [1.165, 1.54) is 0 Å². The van der Waals surface area contributed by atoms with E-state index in [1.807, 2.05) is 42.5 Å².